The van der Waals surface area contributed by atoms with Gasteiger partial charge in [-0.25, -0.2) is 10.8 Å². The SMILES string of the molecule is NNc1nccc(NCCOC2CCCCC2)n1. The molecular formula is C12H21N5O. The van der Waals surface area contributed by atoms with Crippen molar-refractivity contribution in [3.63, 3.8) is 0 Å². The van der Waals surface area contributed by atoms with Gasteiger partial charge in [0, 0.05) is 12.7 Å². The first kappa shape index (κ1) is 13.0. The standard InChI is InChI=1S/C12H21N5O/c13-17-12-15-7-6-11(16-12)14-8-9-18-10-4-2-1-3-5-10/h6-7,10H,1-5,8-9,13H2,(H2,14,15,16,17). The number of nitrogen functional groups attached to an aromatic ring is 1. The topological polar surface area (TPSA) is 85.1 Å². The van der Waals surface area contributed by atoms with Crippen LogP contribution in [-0.4, -0.2) is 29.2 Å². The smallest absolute Gasteiger partial charge is 0.239 e. The van der Waals surface area contributed by atoms with Gasteiger partial charge in [0.1, 0.15) is 5.82 Å². The van der Waals surface area contributed by atoms with E-state index in [0.717, 1.165) is 12.4 Å². The van der Waals surface area contributed by atoms with Crippen LogP contribution in [-0.2, 0) is 4.74 Å². The largest absolute Gasteiger partial charge is 0.376 e. The minimum atomic E-state index is 0.410. The maximum atomic E-state index is 5.82. The molecule has 1 heterocycles. The molecule has 2 rings (SSSR count). The van der Waals surface area contributed by atoms with E-state index in [1.165, 1.54) is 32.1 Å². The lowest BCUT2D eigenvalue weighted by molar-refractivity contribution is 0.0347. The van der Waals surface area contributed by atoms with Gasteiger partial charge in [-0.05, 0) is 18.9 Å². The van der Waals surface area contributed by atoms with Crippen LogP contribution in [0.1, 0.15) is 32.1 Å². The number of aromatic nitrogens is 2. The Hall–Kier alpha value is -1.40. The van der Waals surface area contributed by atoms with Gasteiger partial charge in [0.25, 0.3) is 0 Å². The lowest BCUT2D eigenvalue weighted by Gasteiger charge is -2.22. The minimum Gasteiger partial charge on any atom is -0.376 e. The summed E-state index contributed by atoms with van der Waals surface area (Å²) in [6.07, 6.45) is 8.47. The molecule has 0 spiro atoms. The van der Waals surface area contributed by atoms with Gasteiger partial charge in [0.2, 0.25) is 5.95 Å². The summed E-state index contributed by atoms with van der Waals surface area (Å²) in [6.45, 7) is 1.46. The average Bonchev–Trinajstić information content (AvgIpc) is 2.45. The van der Waals surface area contributed by atoms with Crippen LogP contribution in [0.2, 0.25) is 0 Å². The van der Waals surface area contributed by atoms with E-state index in [4.69, 9.17) is 10.6 Å². The summed E-state index contributed by atoms with van der Waals surface area (Å²) >= 11 is 0. The van der Waals surface area contributed by atoms with Crippen molar-refractivity contribution in [2.45, 2.75) is 38.2 Å². The highest BCUT2D eigenvalue weighted by molar-refractivity contribution is 5.38. The summed E-state index contributed by atoms with van der Waals surface area (Å²) in [5.74, 6) is 6.41. The van der Waals surface area contributed by atoms with Crippen molar-refractivity contribution in [1.82, 2.24) is 9.97 Å². The van der Waals surface area contributed by atoms with E-state index < -0.39 is 0 Å². The molecule has 1 fully saturated rings. The highest BCUT2D eigenvalue weighted by Gasteiger charge is 2.12. The maximum absolute atomic E-state index is 5.82. The lowest BCUT2D eigenvalue weighted by atomic mass is 9.98. The van der Waals surface area contributed by atoms with Crippen LogP contribution in [0.25, 0.3) is 0 Å². The fourth-order valence-corrected chi connectivity index (χ4v) is 2.16. The van der Waals surface area contributed by atoms with Crippen molar-refractivity contribution in [2.24, 2.45) is 5.84 Å². The zero-order chi connectivity index (χ0) is 12.6. The molecule has 100 valence electrons. The van der Waals surface area contributed by atoms with Crippen molar-refractivity contribution in [2.75, 3.05) is 23.9 Å². The Morgan fingerprint density at radius 3 is 2.94 bits per heavy atom. The Balaban J connectivity index is 1.65. The first-order chi connectivity index (χ1) is 8.88. The first-order valence-corrected chi connectivity index (χ1v) is 6.53. The number of hydrazine groups is 1. The summed E-state index contributed by atoms with van der Waals surface area (Å²) < 4.78 is 5.82. The summed E-state index contributed by atoms with van der Waals surface area (Å²) in [7, 11) is 0. The third-order valence-electron chi connectivity index (χ3n) is 3.10. The molecule has 0 saturated heterocycles. The zero-order valence-corrected chi connectivity index (χ0v) is 10.6. The molecule has 1 aromatic heterocycles. The monoisotopic (exact) mass is 251 g/mol. The Morgan fingerprint density at radius 2 is 2.17 bits per heavy atom. The second-order valence-electron chi connectivity index (χ2n) is 4.47. The third-order valence-corrected chi connectivity index (χ3v) is 3.10. The fraction of sp³-hybridized carbons (Fsp3) is 0.667. The Morgan fingerprint density at radius 1 is 1.33 bits per heavy atom. The van der Waals surface area contributed by atoms with Crippen molar-refractivity contribution < 1.29 is 4.74 Å². The predicted molar refractivity (Wildman–Crippen MR) is 71.2 cm³/mol. The molecule has 0 amide bonds. The Labute approximate surface area is 107 Å². The van der Waals surface area contributed by atoms with Gasteiger partial charge in [0.05, 0.1) is 12.7 Å². The van der Waals surface area contributed by atoms with Crippen molar-refractivity contribution in [3.05, 3.63) is 12.3 Å². The predicted octanol–water partition coefficient (Wildman–Crippen LogP) is 1.52. The third kappa shape index (κ3) is 4.12. The molecule has 1 aliphatic carbocycles. The van der Waals surface area contributed by atoms with Crippen LogP contribution in [0.5, 0.6) is 0 Å². The van der Waals surface area contributed by atoms with Crippen LogP contribution in [0, 0.1) is 0 Å². The van der Waals surface area contributed by atoms with Crippen LogP contribution in [0.3, 0.4) is 0 Å². The van der Waals surface area contributed by atoms with E-state index >= 15 is 0 Å². The molecular weight excluding hydrogens is 230 g/mol. The van der Waals surface area contributed by atoms with Crippen LogP contribution in [0.15, 0.2) is 12.3 Å². The van der Waals surface area contributed by atoms with Crippen molar-refractivity contribution in [3.8, 4) is 0 Å². The van der Waals surface area contributed by atoms with Gasteiger partial charge >= 0.3 is 0 Å². The Bertz CT molecular complexity index is 354. The summed E-state index contributed by atoms with van der Waals surface area (Å²) in [5, 5.41) is 3.19. The molecule has 4 N–H and O–H groups in total. The first-order valence-electron chi connectivity index (χ1n) is 6.53. The van der Waals surface area contributed by atoms with Gasteiger partial charge in [0.15, 0.2) is 0 Å². The van der Waals surface area contributed by atoms with Crippen LogP contribution in [0.4, 0.5) is 11.8 Å². The molecule has 1 aliphatic rings. The number of anilines is 2. The summed E-state index contributed by atoms with van der Waals surface area (Å²) in [4.78, 5) is 8.10. The fourth-order valence-electron chi connectivity index (χ4n) is 2.16. The van der Waals surface area contributed by atoms with E-state index in [9.17, 15) is 0 Å². The number of nitrogens with two attached hydrogens (primary N) is 1. The molecule has 0 aromatic carbocycles. The second-order valence-corrected chi connectivity index (χ2v) is 4.47. The van der Waals surface area contributed by atoms with E-state index in [0.29, 0.717) is 18.7 Å². The highest BCUT2D eigenvalue weighted by atomic mass is 16.5. The van der Waals surface area contributed by atoms with E-state index in [1.54, 1.807) is 12.3 Å². The number of nitrogens with zero attached hydrogens (tertiary/aromatic N) is 2. The Kier molecular flexibility index (Phi) is 5.16. The number of rotatable bonds is 6. The minimum absolute atomic E-state index is 0.410. The highest BCUT2D eigenvalue weighted by Crippen LogP contribution is 2.19. The summed E-state index contributed by atoms with van der Waals surface area (Å²) in [5.41, 5.74) is 2.42. The van der Waals surface area contributed by atoms with Crippen molar-refractivity contribution in [1.29, 1.82) is 0 Å². The molecule has 0 bridgehead atoms. The molecule has 0 atom stereocenters. The van der Waals surface area contributed by atoms with Gasteiger partial charge in [-0.15, -0.1) is 0 Å². The lowest BCUT2D eigenvalue weighted by Crippen LogP contribution is -2.21. The molecule has 0 unspecified atom stereocenters. The number of ether oxygens (including phenoxy) is 1. The molecule has 0 radical (unpaired) electrons. The van der Waals surface area contributed by atoms with Gasteiger partial charge in [-0.3, -0.25) is 5.43 Å². The normalized spacial score (nSPS) is 16.5. The number of nitrogens with one attached hydrogen (secondary N) is 2. The quantitative estimate of drug-likeness (QED) is 0.404. The zero-order valence-electron chi connectivity index (χ0n) is 10.6. The second kappa shape index (κ2) is 7.13. The molecule has 18 heavy (non-hydrogen) atoms. The van der Waals surface area contributed by atoms with E-state index in [1.807, 2.05) is 0 Å². The molecule has 6 nitrogen and oxygen atoms in total. The molecule has 1 aromatic rings. The molecule has 6 heteroatoms. The number of hydrogen-bond donors (Lipinski definition) is 3. The van der Waals surface area contributed by atoms with Gasteiger partial charge in [-0.1, -0.05) is 19.3 Å². The van der Waals surface area contributed by atoms with Crippen LogP contribution >= 0.6 is 0 Å². The van der Waals surface area contributed by atoms with E-state index in [-0.39, 0.29) is 0 Å². The maximum Gasteiger partial charge on any atom is 0.239 e. The summed E-state index contributed by atoms with van der Waals surface area (Å²) in [6, 6.07) is 1.81. The average molecular weight is 251 g/mol. The van der Waals surface area contributed by atoms with E-state index in [2.05, 4.69) is 20.7 Å². The molecule has 1 saturated carbocycles. The van der Waals surface area contributed by atoms with Gasteiger partial charge in [-0.2, -0.15) is 4.98 Å². The van der Waals surface area contributed by atoms with Gasteiger partial charge < -0.3 is 10.1 Å². The van der Waals surface area contributed by atoms with Crippen LogP contribution < -0.4 is 16.6 Å². The number of hydrogen-bond acceptors (Lipinski definition) is 6. The van der Waals surface area contributed by atoms with Crippen molar-refractivity contribution >= 4 is 11.8 Å². The molecule has 0 aliphatic heterocycles.